The molecule has 1 heterocycles. The van der Waals surface area contributed by atoms with Gasteiger partial charge in [-0.1, -0.05) is 24.6 Å². The van der Waals surface area contributed by atoms with Crippen LogP contribution < -0.4 is 10.9 Å². The number of amides is 1. The summed E-state index contributed by atoms with van der Waals surface area (Å²) in [6, 6.07) is 7.50. The fraction of sp³-hybridized carbons (Fsp3) is 0.526. The molecule has 5 nitrogen and oxygen atoms in total. The molecule has 2 aromatic rings. The van der Waals surface area contributed by atoms with Crippen molar-refractivity contribution in [2.45, 2.75) is 45.1 Å². The molecular formula is C19H23N3O2. The average Bonchev–Trinajstić information content (AvgIpc) is 3.21. The molecule has 0 saturated heterocycles. The summed E-state index contributed by atoms with van der Waals surface area (Å²) in [6.07, 6.45) is 5.49. The van der Waals surface area contributed by atoms with E-state index in [-0.39, 0.29) is 23.9 Å². The Labute approximate surface area is 140 Å². The van der Waals surface area contributed by atoms with Gasteiger partial charge in [-0.05, 0) is 50.0 Å². The minimum atomic E-state index is -0.217. The molecule has 0 aliphatic heterocycles. The fourth-order valence-corrected chi connectivity index (χ4v) is 4.78. The van der Waals surface area contributed by atoms with E-state index in [1.54, 1.807) is 6.07 Å². The quantitative estimate of drug-likeness (QED) is 0.906. The second kappa shape index (κ2) is 6.04. The van der Waals surface area contributed by atoms with Crippen molar-refractivity contribution >= 4 is 16.7 Å². The van der Waals surface area contributed by atoms with E-state index in [4.69, 9.17) is 0 Å². The minimum Gasteiger partial charge on any atom is -0.353 e. The number of nitrogens with one attached hydrogen (secondary N) is 2. The van der Waals surface area contributed by atoms with Gasteiger partial charge in [0.1, 0.15) is 0 Å². The maximum Gasteiger partial charge on any atom is 0.272 e. The highest BCUT2D eigenvalue weighted by Gasteiger charge is 2.42. The number of nitrogens with zero attached hydrogens (tertiary/aromatic N) is 1. The Balaban J connectivity index is 1.47. The van der Waals surface area contributed by atoms with Gasteiger partial charge in [-0.3, -0.25) is 9.59 Å². The largest absolute Gasteiger partial charge is 0.353 e. The van der Waals surface area contributed by atoms with E-state index < -0.39 is 0 Å². The van der Waals surface area contributed by atoms with E-state index in [1.807, 2.05) is 18.2 Å². The number of aromatic nitrogens is 2. The molecule has 2 saturated carbocycles. The van der Waals surface area contributed by atoms with Gasteiger partial charge in [0.25, 0.3) is 5.56 Å². The van der Waals surface area contributed by atoms with Crippen LogP contribution >= 0.6 is 0 Å². The van der Waals surface area contributed by atoms with E-state index in [9.17, 15) is 9.59 Å². The van der Waals surface area contributed by atoms with E-state index in [2.05, 4.69) is 22.4 Å². The molecule has 4 rings (SSSR count). The first-order valence-corrected chi connectivity index (χ1v) is 8.87. The number of H-pyrrole nitrogens is 1. The molecule has 0 radical (unpaired) electrons. The normalized spacial score (nSPS) is 26.6. The van der Waals surface area contributed by atoms with Crippen LogP contribution in [0.1, 0.15) is 38.3 Å². The third-order valence-electron chi connectivity index (χ3n) is 5.93. The molecule has 5 heteroatoms. The van der Waals surface area contributed by atoms with Crippen LogP contribution in [-0.4, -0.2) is 22.1 Å². The van der Waals surface area contributed by atoms with Crippen LogP contribution in [0.25, 0.3) is 10.8 Å². The van der Waals surface area contributed by atoms with Crippen molar-refractivity contribution in [1.82, 2.24) is 15.5 Å². The van der Waals surface area contributed by atoms with Gasteiger partial charge in [-0.2, -0.15) is 5.10 Å². The van der Waals surface area contributed by atoms with Crippen molar-refractivity contribution in [2.24, 2.45) is 17.8 Å². The second-order valence-corrected chi connectivity index (χ2v) is 7.42. The number of hydrogen-bond donors (Lipinski definition) is 2. The molecule has 2 aliphatic carbocycles. The lowest BCUT2D eigenvalue weighted by atomic mass is 9.84. The summed E-state index contributed by atoms with van der Waals surface area (Å²) >= 11 is 0. The predicted molar refractivity (Wildman–Crippen MR) is 92.6 cm³/mol. The molecule has 1 aromatic heterocycles. The number of carbonyl (C=O) groups excluding carboxylic acids is 1. The zero-order valence-corrected chi connectivity index (χ0v) is 13.9. The Kier molecular flexibility index (Phi) is 3.87. The van der Waals surface area contributed by atoms with E-state index >= 15 is 0 Å². The number of fused-ring (bicyclic) bond motifs is 3. The summed E-state index contributed by atoms with van der Waals surface area (Å²) in [5.74, 6) is 2.27. The maximum absolute atomic E-state index is 12.5. The second-order valence-electron chi connectivity index (χ2n) is 7.42. The van der Waals surface area contributed by atoms with Crippen molar-refractivity contribution in [3.8, 4) is 0 Å². The standard InChI is InChI=1S/C19H23N3O2/c1-11(16-9-12-6-7-13(16)8-12)20-18(23)10-17-14-4-2-3-5-15(14)19(24)22-21-17/h2-5,11-13,16H,6-10H2,1H3,(H,20,23)(H,22,24)/t11-,12+,13+,16+/m1/s1. The van der Waals surface area contributed by atoms with E-state index in [0.29, 0.717) is 17.0 Å². The first-order valence-electron chi connectivity index (χ1n) is 8.87. The fourth-order valence-electron chi connectivity index (χ4n) is 4.78. The molecule has 126 valence electrons. The molecule has 0 spiro atoms. The monoisotopic (exact) mass is 325 g/mol. The van der Waals surface area contributed by atoms with Gasteiger partial charge in [0.2, 0.25) is 5.91 Å². The van der Waals surface area contributed by atoms with Crippen molar-refractivity contribution in [3.63, 3.8) is 0 Å². The molecule has 24 heavy (non-hydrogen) atoms. The van der Waals surface area contributed by atoms with Crippen LogP contribution in [0.3, 0.4) is 0 Å². The number of benzene rings is 1. The summed E-state index contributed by atoms with van der Waals surface area (Å²) < 4.78 is 0. The lowest BCUT2D eigenvalue weighted by Gasteiger charge is -2.28. The van der Waals surface area contributed by atoms with Gasteiger partial charge < -0.3 is 5.32 Å². The lowest BCUT2D eigenvalue weighted by molar-refractivity contribution is -0.121. The van der Waals surface area contributed by atoms with E-state index in [1.165, 1.54) is 25.7 Å². The zero-order valence-electron chi connectivity index (χ0n) is 13.9. The highest BCUT2D eigenvalue weighted by atomic mass is 16.1. The first-order chi connectivity index (χ1) is 11.6. The van der Waals surface area contributed by atoms with Crippen LogP contribution in [0.15, 0.2) is 29.1 Å². The molecule has 4 atom stereocenters. The van der Waals surface area contributed by atoms with Crippen LogP contribution in [0.4, 0.5) is 0 Å². The van der Waals surface area contributed by atoms with Gasteiger partial charge in [0, 0.05) is 11.4 Å². The van der Waals surface area contributed by atoms with Crippen LogP contribution in [0, 0.1) is 17.8 Å². The Hall–Kier alpha value is -2.17. The highest BCUT2D eigenvalue weighted by molar-refractivity contribution is 5.88. The molecule has 2 fully saturated rings. The van der Waals surface area contributed by atoms with Gasteiger partial charge in [-0.25, -0.2) is 5.10 Å². The van der Waals surface area contributed by atoms with E-state index in [0.717, 1.165) is 17.2 Å². The Morgan fingerprint density at radius 1 is 1.29 bits per heavy atom. The Morgan fingerprint density at radius 2 is 2.08 bits per heavy atom. The van der Waals surface area contributed by atoms with Gasteiger partial charge in [0.05, 0.1) is 17.5 Å². The first kappa shape index (κ1) is 15.4. The summed E-state index contributed by atoms with van der Waals surface area (Å²) in [5, 5.41) is 11.1. The third kappa shape index (κ3) is 2.72. The summed E-state index contributed by atoms with van der Waals surface area (Å²) in [5.41, 5.74) is 0.410. The summed E-state index contributed by atoms with van der Waals surface area (Å²) in [7, 11) is 0. The third-order valence-corrected chi connectivity index (χ3v) is 5.93. The number of carbonyl (C=O) groups is 1. The van der Waals surface area contributed by atoms with Gasteiger partial charge >= 0.3 is 0 Å². The zero-order chi connectivity index (χ0) is 16.7. The minimum absolute atomic E-state index is 0.0185. The van der Waals surface area contributed by atoms with Crippen molar-refractivity contribution in [3.05, 3.63) is 40.3 Å². The van der Waals surface area contributed by atoms with Crippen molar-refractivity contribution in [1.29, 1.82) is 0 Å². The molecule has 2 N–H and O–H groups in total. The SMILES string of the molecule is C[C@@H](NC(=O)Cc1n[nH]c(=O)c2ccccc12)[C@@H]1C[C@H]2CC[C@H]1C2. The summed E-state index contributed by atoms with van der Waals surface area (Å²) in [4.78, 5) is 24.3. The molecule has 0 unspecified atom stereocenters. The maximum atomic E-state index is 12.5. The number of aromatic amines is 1. The highest BCUT2D eigenvalue weighted by Crippen LogP contribution is 2.49. The van der Waals surface area contributed by atoms with Crippen LogP contribution in [-0.2, 0) is 11.2 Å². The van der Waals surface area contributed by atoms with Gasteiger partial charge in [-0.15, -0.1) is 0 Å². The molecule has 1 amide bonds. The predicted octanol–water partition coefficient (Wildman–Crippen LogP) is 2.41. The Morgan fingerprint density at radius 3 is 2.79 bits per heavy atom. The smallest absolute Gasteiger partial charge is 0.272 e. The van der Waals surface area contributed by atoms with Crippen LogP contribution in [0.2, 0.25) is 0 Å². The Bertz CT molecular complexity index is 829. The molecule has 2 bridgehead atoms. The molecular weight excluding hydrogens is 302 g/mol. The van der Waals surface area contributed by atoms with Crippen LogP contribution in [0.5, 0.6) is 0 Å². The lowest BCUT2D eigenvalue weighted by Crippen LogP contribution is -2.41. The molecule has 1 aromatic carbocycles. The molecule has 2 aliphatic rings. The van der Waals surface area contributed by atoms with Crippen molar-refractivity contribution < 1.29 is 4.79 Å². The topological polar surface area (TPSA) is 74.8 Å². The van der Waals surface area contributed by atoms with Gasteiger partial charge in [0.15, 0.2) is 0 Å². The average molecular weight is 325 g/mol. The number of rotatable bonds is 4. The van der Waals surface area contributed by atoms with Crippen molar-refractivity contribution in [2.75, 3.05) is 0 Å². The summed E-state index contributed by atoms with van der Waals surface area (Å²) in [6.45, 7) is 2.13. The number of hydrogen-bond acceptors (Lipinski definition) is 3.